The number of rotatable bonds is 2. The summed E-state index contributed by atoms with van der Waals surface area (Å²) in [7, 11) is 0. The van der Waals surface area contributed by atoms with Gasteiger partial charge in [-0.25, -0.2) is 4.79 Å². The van der Waals surface area contributed by atoms with Crippen LogP contribution in [0.1, 0.15) is 6.92 Å². The van der Waals surface area contributed by atoms with E-state index in [9.17, 15) is 4.79 Å². The summed E-state index contributed by atoms with van der Waals surface area (Å²) in [5, 5.41) is 11.0. The lowest BCUT2D eigenvalue weighted by Gasteiger charge is -2.04. The number of hydrogen-bond donors (Lipinski definition) is 2. The number of halogens is 1. The van der Waals surface area contributed by atoms with Crippen molar-refractivity contribution in [1.82, 2.24) is 5.32 Å². The summed E-state index contributed by atoms with van der Waals surface area (Å²) in [6, 6.07) is -0.00694. The fourth-order valence-corrected chi connectivity index (χ4v) is 0.411. The zero-order chi connectivity index (χ0) is 6.57. The average Bonchev–Trinajstić information content (AvgIpc) is 1.65. The summed E-state index contributed by atoms with van der Waals surface area (Å²) in [6.45, 7) is 1.78. The van der Waals surface area contributed by atoms with Crippen LogP contribution in [-0.4, -0.2) is 22.6 Å². The molecule has 0 heterocycles. The van der Waals surface area contributed by atoms with Crippen LogP contribution >= 0.6 is 15.9 Å². The van der Waals surface area contributed by atoms with E-state index in [1.54, 1.807) is 6.92 Å². The molecule has 0 aliphatic rings. The summed E-state index contributed by atoms with van der Waals surface area (Å²) < 4.78 is 0. The first-order valence-electron chi connectivity index (χ1n) is 2.22. The zero-order valence-electron chi connectivity index (χ0n) is 4.52. The molecule has 0 unspecified atom stereocenters. The van der Waals surface area contributed by atoms with Gasteiger partial charge in [-0.2, -0.15) is 0 Å². The minimum atomic E-state index is -0.975. The molecule has 0 bridgehead atoms. The lowest BCUT2D eigenvalue weighted by Crippen LogP contribution is -2.31. The van der Waals surface area contributed by atoms with Crippen molar-refractivity contribution in [3.05, 3.63) is 0 Å². The van der Waals surface area contributed by atoms with E-state index in [1.807, 2.05) is 0 Å². The molecule has 2 N–H and O–H groups in total. The molecule has 0 rings (SSSR count). The molecule has 0 saturated carbocycles. The van der Waals surface area contributed by atoms with Crippen LogP contribution in [0.15, 0.2) is 0 Å². The van der Waals surface area contributed by atoms with Gasteiger partial charge in [-0.15, -0.1) is 0 Å². The Kier molecular flexibility index (Phi) is 3.60. The van der Waals surface area contributed by atoms with Gasteiger partial charge in [0.2, 0.25) is 0 Å². The van der Waals surface area contributed by atoms with Crippen LogP contribution in [0.4, 0.5) is 4.79 Å². The molecule has 1 amide bonds. The summed E-state index contributed by atoms with van der Waals surface area (Å²) in [5.74, 6) is 0. The SMILES string of the molecule is C[C@@H](CBr)NC(=O)O. The van der Waals surface area contributed by atoms with Gasteiger partial charge in [0.15, 0.2) is 0 Å². The second-order valence-electron chi connectivity index (χ2n) is 1.50. The molecular weight excluding hydrogens is 174 g/mol. The third-order valence-electron chi connectivity index (χ3n) is 0.601. The summed E-state index contributed by atoms with van der Waals surface area (Å²) >= 11 is 3.12. The maximum absolute atomic E-state index is 9.84. The molecule has 3 nitrogen and oxygen atoms in total. The fourth-order valence-electron chi connectivity index (χ4n) is 0.249. The van der Waals surface area contributed by atoms with Crippen molar-refractivity contribution in [3.8, 4) is 0 Å². The Balaban J connectivity index is 3.24. The monoisotopic (exact) mass is 181 g/mol. The van der Waals surface area contributed by atoms with E-state index in [-0.39, 0.29) is 6.04 Å². The molecule has 48 valence electrons. The molecule has 0 aliphatic heterocycles. The average molecular weight is 182 g/mol. The van der Waals surface area contributed by atoms with Crippen LogP contribution < -0.4 is 5.32 Å². The van der Waals surface area contributed by atoms with Crippen LogP contribution in [0.2, 0.25) is 0 Å². The summed E-state index contributed by atoms with van der Waals surface area (Å²) in [4.78, 5) is 9.84. The normalized spacial score (nSPS) is 12.8. The number of nitrogens with one attached hydrogen (secondary N) is 1. The lowest BCUT2D eigenvalue weighted by molar-refractivity contribution is 0.192. The van der Waals surface area contributed by atoms with Crippen LogP contribution in [0.3, 0.4) is 0 Å². The second-order valence-corrected chi connectivity index (χ2v) is 2.15. The Morgan fingerprint density at radius 1 is 2.00 bits per heavy atom. The number of alkyl halides is 1. The fraction of sp³-hybridized carbons (Fsp3) is 0.750. The van der Waals surface area contributed by atoms with Gasteiger partial charge in [0.1, 0.15) is 0 Å². The molecule has 8 heavy (non-hydrogen) atoms. The second kappa shape index (κ2) is 3.72. The van der Waals surface area contributed by atoms with E-state index < -0.39 is 6.09 Å². The Morgan fingerprint density at radius 2 is 2.50 bits per heavy atom. The number of carboxylic acid groups (broad SMARTS) is 1. The largest absolute Gasteiger partial charge is 0.465 e. The van der Waals surface area contributed by atoms with E-state index >= 15 is 0 Å². The van der Waals surface area contributed by atoms with Crippen molar-refractivity contribution in [1.29, 1.82) is 0 Å². The third kappa shape index (κ3) is 3.92. The van der Waals surface area contributed by atoms with Crippen molar-refractivity contribution in [2.45, 2.75) is 13.0 Å². The molecule has 0 aromatic heterocycles. The van der Waals surface area contributed by atoms with Crippen molar-refractivity contribution < 1.29 is 9.90 Å². The molecule has 0 spiro atoms. The van der Waals surface area contributed by atoms with E-state index in [0.717, 1.165) is 0 Å². The lowest BCUT2D eigenvalue weighted by atomic mass is 10.4. The quantitative estimate of drug-likeness (QED) is 0.626. The zero-order valence-corrected chi connectivity index (χ0v) is 6.10. The number of hydrogen-bond acceptors (Lipinski definition) is 1. The van der Waals surface area contributed by atoms with E-state index in [0.29, 0.717) is 5.33 Å². The molecule has 0 aromatic rings. The highest BCUT2D eigenvalue weighted by Crippen LogP contribution is 1.86. The van der Waals surface area contributed by atoms with Gasteiger partial charge in [0.25, 0.3) is 0 Å². The van der Waals surface area contributed by atoms with Gasteiger partial charge in [-0.1, -0.05) is 15.9 Å². The molecule has 4 heteroatoms. The highest BCUT2D eigenvalue weighted by atomic mass is 79.9. The molecule has 0 saturated heterocycles. The minimum Gasteiger partial charge on any atom is -0.465 e. The van der Waals surface area contributed by atoms with E-state index in [1.165, 1.54) is 0 Å². The Morgan fingerprint density at radius 3 is 2.62 bits per heavy atom. The first kappa shape index (κ1) is 7.75. The Labute approximate surface area is 56.2 Å². The molecule has 1 atom stereocenters. The maximum atomic E-state index is 9.84. The smallest absolute Gasteiger partial charge is 0.404 e. The Bertz CT molecular complexity index is 86.1. The van der Waals surface area contributed by atoms with Gasteiger partial charge in [0.05, 0.1) is 0 Å². The van der Waals surface area contributed by atoms with Gasteiger partial charge in [-0.05, 0) is 6.92 Å². The standard InChI is InChI=1S/C4H8BrNO2/c1-3(2-5)6-4(7)8/h3,6H,2H2,1H3,(H,7,8)/t3-/m0/s1. The van der Waals surface area contributed by atoms with Gasteiger partial charge >= 0.3 is 6.09 Å². The van der Waals surface area contributed by atoms with Crippen LogP contribution in [-0.2, 0) is 0 Å². The van der Waals surface area contributed by atoms with Crippen LogP contribution in [0.25, 0.3) is 0 Å². The molecule has 0 aliphatic carbocycles. The van der Waals surface area contributed by atoms with E-state index in [4.69, 9.17) is 5.11 Å². The summed E-state index contributed by atoms with van der Waals surface area (Å²) in [6.07, 6.45) is -0.975. The highest BCUT2D eigenvalue weighted by Gasteiger charge is 2.00. The minimum absolute atomic E-state index is 0.00694. The van der Waals surface area contributed by atoms with Gasteiger partial charge in [-0.3, -0.25) is 0 Å². The van der Waals surface area contributed by atoms with Gasteiger partial charge < -0.3 is 10.4 Å². The van der Waals surface area contributed by atoms with Crippen LogP contribution in [0, 0.1) is 0 Å². The third-order valence-corrected chi connectivity index (χ3v) is 1.57. The van der Waals surface area contributed by atoms with Crippen molar-refractivity contribution in [2.24, 2.45) is 0 Å². The van der Waals surface area contributed by atoms with Gasteiger partial charge in [0, 0.05) is 11.4 Å². The topological polar surface area (TPSA) is 49.3 Å². The molecule has 0 fully saturated rings. The maximum Gasteiger partial charge on any atom is 0.404 e. The highest BCUT2D eigenvalue weighted by molar-refractivity contribution is 9.09. The summed E-state index contributed by atoms with van der Waals surface area (Å²) in [5.41, 5.74) is 0. The molecule has 0 aromatic carbocycles. The van der Waals surface area contributed by atoms with Crippen molar-refractivity contribution >= 4 is 22.0 Å². The molecular formula is C4H8BrNO2. The van der Waals surface area contributed by atoms with E-state index in [2.05, 4.69) is 21.2 Å². The first-order valence-corrected chi connectivity index (χ1v) is 3.34. The predicted molar refractivity (Wildman–Crippen MR) is 34.4 cm³/mol. The van der Waals surface area contributed by atoms with Crippen molar-refractivity contribution in [3.63, 3.8) is 0 Å². The number of carbonyl (C=O) groups is 1. The van der Waals surface area contributed by atoms with Crippen LogP contribution in [0.5, 0.6) is 0 Å². The predicted octanol–water partition coefficient (Wildman–Crippen LogP) is 1.04. The Hall–Kier alpha value is -0.250. The number of amides is 1. The van der Waals surface area contributed by atoms with Crippen molar-refractivity contribution in [2.75, 3.05) is 5.33 Å². The first-order chi connectivity index (χ1) is 3.66. The molecule has 0 radical (unpaired) electrons.